The lowest BCUT2D eigenvalue weighted by Crippen LogP contribution is -2.14. The second-order valence-electron chi connectivity index (χ2n) is 5.96. The maximum Gasteiger partial charge on any atom is 0.398 e. The normalized spacial score (nSPS) is 11.6. The number of nitrogens with zero attached hydrogens (tertiary/aromatic N) is 2. The van der Waals surface area contributed by atoms with Crippen LogP contribution < -0.4 is 10.1 Å². The third-order valence-electron chi connectivity index (χ3n) is 3.64. The van der Waals surface area contributed by atoms with Crippen molar-refractivity contribution in [1.82, 2.24) is 9.97 Å². The highest BCUT2D eigenvalue weighted by molar-refractivity contribution is 7.99. The quantitative estimate of drug-likeness (QED) is 0.331. The van der Waals surface area contributed by atoms with E-state index in [9.17, 15) is 17.6 Å². The zero-order valence-corrected chi connectivity index (χ0v) is 17.2. The number of aryl methyl sites for hydroxylation is 3. The third kappa shape index (κ3) is 6.41. The van der Waals surface area contributed by atoms with Crippen LogP contribution in [0.15, 0.2) is 17.0 Å². The van der Waals surface area contributed by atoms with E-state index in [-0.39, 0.29) is 18.9 Å². The molecule has 0 unspecified atom stereocenters. The first-order valence-electron chi connectivity index (χ1n) is 8.50. The van der Waals surface area contributed by atoms with Crippen LogP contribution in [-0.2, 0) is 6.42 Å². The van der Waals surface area contributed by atoms with Crippen molar-refractivity contribution in [2.75, 3.05) is 24.2 Å². The maximum atomic E-state index is 14.1. The summed E-state index contributed by atoms with van der Waals surface area (Å²) in [5.41, 5.74) is 1.14. The van der Waals surface area contributed by atoms with Crippen LogP contribution in [0.2, 0.25) is 5.02 Å². The van der Waals surface area contributed by atoms with Gasteiger partial charge in [0.15, 0.2) is 11.6 Å². The van der Waals surface area contributed by atoms with Crippen molar-refractivity contribution in [1.29, 1.82) is 0 Å². The van der Waals surface area contributed by atoms with Gasteiger partial charge < -0.3 is 10.1 Å². The monoisotopic (exact) mass is 437 g/mol. The first kappa shape index (κ1) is 22.5. The van der Waals surface area contributed by atoms with E-state index in [0.29, 0.717) is 51.0 Å². The Labute approximate surface area is 170 Å². The van der Waals surface area contributed by atoms with Crippen LogP contribution in [0.25, 0.3) is 0 Å². The van der Waals surface area contributed by atoms with Gasteiger partial charge in [-0.05, 0) is 38.0 Å². The fourth-order valence-corrected chi connectivity index (χ4v) is 3.44. The Kier molecular flexibility index (Phi) is 7.77. The maximum absolute atomic E-state index is 14.1. The molecule has 0 atom stereocenters. The molecule has 2 aromatic rings. The molecule has 0 spiro atoms. The Bertz CT molecular complexity index is 833. The summed E-state index contributed by atoms with van der Waals surface area (Å²) in [4.78, 5) is 8.79. The number of thioether (sulfide) groups is 1. The number of anilines is 1. The number of benzene rings is 1. The number of ether oxygens (including phenoxy) is 1. The Morgan fingerprint density at radius 3 is 2.57 bits per heavy atom. The van der Waals surface area contributed by atoms with E-state index in [1.54, 1.807) is 13.8 Å². The minimum atomic E-state index is -4.30. The van der Waals surface area contributed by atoms with E-state index >= 15 is 0 Å². The van der Waals surface area contributed by atoms with Crippen molar-refractivity contribution >= 4 is 29.2 Å². The van der Waals surface area contributed by atoms with Crippen molar-refractivity contribution < 1.29 is 22.3 Å². The Morgan fingerprint density at radius 2 is 1.93 bits per heavy atom. The molecule has 0 saturated heterocycles. The molecule has 154 valence electrons. The van der Waals surface area contributed by atoms with Gasteiger partial charge in [0, 0.05) is 4.90 Å². The van der Waals surface area contributed by atoms with Gasteiger partial charge in [-0.3, -0.25) is 0 Å². The molecule has 0 aliphatic rings. The van der Waals surface area contributed by atoms with Gasteiger partial charge in [-0.2, -0.15) is 13.2 Å². The highest BCUT2D eigenvalue weighted by atomic mass is 35.5. The number of rotatable bonds is 8. The molecule has 1 N–H and O–H groups in total. The summed E-state index contributed by atoms with van der Waals surface area (Å²) in [6, 6.07) is 2.46. The lowest BCUT2D eigenvalue weighted by Gasteiger charge is -2.14. The molecule has 28 heavy (non-hydrogen) atoms. The molecular formula is C18H20ClF4N3OS. The highest BCUT2D eigenvalue weighted by Gasteiger charge is 2.27. The smallest absolute Gasteiger partial charge is 0.398 e. The molecule has 0 radical (unpaired) electrons. The fraction of sp³-hybridized carbons (Fsp3) is 0.444. The first-order chi connectivity index (χ1) is 13.1. The zero-order chi connectivity index (χ0) is 20.9. The largest absolute Gasteiger partial charge is 0.489 e. The van der Waals surface area contributed by atoms with Crippen LogP contribution in [0.1, 0.15) is 24.0 Å². The van der Waals surface area contributed by atoms with E-state index < -0.39 is 17.7 Å². The van der Waals surface area contributed by atoms with Crippen molar-refractivity contribution in [3.8, 4) is 5.75 Å². The second-order valence-corrected chi connectivity index (χ2v) is 7.36. The van der Waals surface area contributed by atoms with Crippen molar-refractivity contribution in [3.05, 3.63) is 40.1 Å². The summed E-state index contributed by atoms with van der Waals surface area (Å²) < 4.78 is 56.7. The van der Waals surface area contributed by atoms with Gasteiger partial charge in [-0.25, -0.2) is 14.4 Å². The summed E-state index contributed by atoms with van der Waals surface area (Å²) in [5.74, 6) is -0.749. The second kappa shape index (κ2) is 9.65. The molecule has 0 amide bonds. The first-order valence-corrected chi connectivity index (χ1v) is 9.86. The minimum Gasteiger partial charge on any atom is -0.489 e. The summed E-state index contributed by atoms with van der Waals surface area (Å²) in [6.07, 6.45) is -3.65. The van der Waals surface area contributed by atoms with Crippen molar-refractivity contribution in [2.45, 2.75) is 38.3 Å². The summed E-state index contributed by atoms with van der Waals surface area (Å²) in [6.45, 7) is 5.58. The number of halogens is 5. The number of hydrogen-bond acceptors (Lipinski definition) is 5. The lowest BCUT2D eigenvalue weighted by atomic mass is 10.2. The SMILES string of the molecule is CCc1nc(C)nc(NCCOc2cc(SCC(F)(F)F)c(C)cc2F)c1Cl. The number of nitrogens with one attached hydrogen (secondary N) is 1. The Morgan fingerprint density at radius 1 is 1.21 bits per heavy atom. The average molecular weight is 438 g/mol. The van der Waals surface area contributed by atoms with Crippen LogP contribution in [0.5, 0.6) is 5.75 Å². The van der Waals surface area contributed by atoms with Crippen molar-refractivity contribution in [3.63, 3.8) is 0 Å². The van der Waals surface area contributed by atoms with Crippen LogP contribution >= 0.6 is 23.4 Å². The van der Waals surface area contributed by atoms with Crippen LogP contribution in [0.3, 0.4) is 0 Å². The summed E-state index contributed by atoms with van der Waals surface area (Å²) >= 11 is 6.83. The van der Waals surface area contributed by atoms with Gasteiger partial charge in [0.25, 0.3) is 0 Å². The fourth-order valence-electron chi connectivity index (χ4n) is 2.36. The predicted molar refractivity (Wildman–Crippen MR) is 103 cm³/mol. The van der Waals surface area contributed by atoms with E-state index in [1.807, 2.05) is 6.92 Å². The molecular weight excluding hydrogens is 418 g/mol. The molecule has 0 fully saturated rings. The van der Waals surface area contributed by atoms with Crippen LogP contribution in [0, 0.1) is 19.7 Å². The highest BCUT2D eigenvalue weighted by Crippen LogP contribution is 2.33. The average Bonchev–Trinajstić information content (AvgIpc) is 2.60. The molecule has 4 nitrogen and oxygen atoms in total. The van der Waals surface area contributed by atoms with Gasteiger partial charge in [0.2, 0.25) is 0 Å². The molecule has 2 rings (SSSR count). The van der Waals surface area contributed by atoms with E-state index in [2.05, 4.69) is 15.3 Å². The molecule has 0 bridgehead atoms. The van der Waals surface area contributed by atoms with E-state index in [0.717, 1.165) is 0 Å². The molecule has 1 aromatic carbocycles. The molecule has 10 heteroatoms. The molecule has 1 aromatic heterocycles. The Balaban J connectivity index is 1.98. The number of alkyl halides is 3. The van der Waals surface area contributed by atoms with Crippen LogP contribution in [0.4, 0.5) is 23.4 Å². The van der Waals surface area contributed by atoms with Gasteiger partial charge >= 0.3 is 6.18 Å². The molecule has 0 saturated carbocycles. The van der Waals surface area contributed by atoms with Gasteiger partial charge in [0.1, 0.15) is 23.3 Å². The van der Waals surface area contributed by atoms with Crippen molar-refractivity contribution in [2.24, 2.45) is 0 Å². The van der Waals surface area contributed by atoms with Gasteiger partial charge in [0.05, 0.1) is 18.0 Å². The zero-order valence-electron chi connectivity index (χ0n) is 15.6. The minimum absolute atomic E-state index is 0.0736. The number of hydrogen-bond donors (Lipinski definition) is 1. The van der Waals surface area contributed by atoms with E-state index in [1.165, 1.54) is 12.1 Å². The topological polar surface area (TPSA) is 47.0 Å². The molecule has 0 aliphatic heterocycles. The van der Waals surface area contributed by atoms with Gasteiger partial charge in [-0.15, -0.1) is 11.8 Å². The third-order valence-corrected chi connectivity index (χ3v) is 5.26. The molecule has 1 heterocycles. The van der Waals surface area contributed by atoms with Gasteiger partial charge in [-0.1, -0.05) is 18.5 Å². The Hall–Kier alpha value is -1.74. The summed E-state index contributed by atoms with van der Waals surface area (Å²) in [5, 5.41) is 3.42. The number of aromatic nitrogens is 2. The van der Waals surface area contributed by atoms with Crippen LogP contribution in [-0.4, -0.2) is 35.0 Å². The summed E-state index contributed by atoms with van der Waals surface area (Å²) in [7, 11) is 0. The van der Waals surface area contributed by atoms with E-state index in [4.69, 9.17) is 16.3 Å². The molecule has 0 aliphatic carbocycles. The lowest BCUT2D eigenvalue weighted by molar-refractivity contribution is -0.105. The predicted octanol–water partition coefficient (Wildman–Crippen LogP) is 5.59. The standard InChI is InChI=1S/C18H20ClF4N3OS/c1-4-13-16(19)17(26-11(3)25-13)24-5-6-27-14-8-15(10(2)7-12(14)20)28-9-18(21,22)23/h7-8H,4-6,9H2,1-3H3,(H,24,25,26).